The summed E-state index contributed by atoms with van der Waals surface area (Å²) in [5.41, 5.74) is 3.35. The van der Waals surface area contributed by atoms with Gasteiger partial charge in [-0.25, -0.2) is 9.37 Å². The van der Waals surface area contributed by atoms with E-state index in [1.54, 1.807) is 6.07 Å². The first-order chi connectivity index (χ1) is 12.1. The normalized spacial score (nSPS) is 10.9. The summed E-state index contributed by atoms with van der Waals surface area (Å²) in [7, 11) is 0. The van der Waals surface area contributed by atoms with E-state index in [1.807, 2.05) is 31.2 Å². The molecule has 3 N–H and O–H groups in total. The summed E-state index contributed by atoms with van der Waals surface area (Å²) in [6.07, 6.45) is 0. The fraction of sp³-hybridized carbons (Fsp3) is 0.0556. The third kappa shape index (κ3) is 2.40. The van der Waals surface area contributed by atoms with Gasteiger partial charge in [-0.15, -0.1) is 0 Å². The second-order valence-corrected chi connectivity index (χ2v) is 5.71. The number of nitrogens with zero attached hydrogens (tertiary/aromatic N) is 3. The maximum atomic E-state index is 13.7. The monoisotopic (exact) mass is 333 g/mol. The number of nitrogens with one attached hydrogen (secondary N) is 2. The van der Waals surface area contributed by atoms with Crippen molar-refractivity contribution >= 4 is 11.0 Å². The van der Waals surface area contributed by atoms with Crippen LogP contribution in [0.4, 0.5) is 4.39 Å². The Kier molecular flexibility index (Phi) is 3.25. The maximum Gasteiger partial charge on any atom is 0.172 e. The average molecular weight is 333 g/mol. The third-order valence-electron chi connectivity index (χ3n) is 3.99. The van der Waals surface area contributed by atoms with Gasteiger partial charge in [-0.05, 0) is 13.0 Å². The van der Waals surface area contributed by atoms with Crippen LogP contribution in [0.1, 0.15) is 11.1 Å². The summed E-state index contributed by atoms with van der Waals surface area (Å²) in [4.78, 5) is 7.23. The van der Waals surface area contributed by atoms with Crippen molar-refractivity contribution in [1.82, 2.24) is 20.2 Å². The molecule has 0 spiro atoms. The van der Waals surface area contributed by atoms with Gasteiger partial charge in [-0.2, -0.15) is 10.4 Å². The van der Waals surface area contributed by atoms with Crippen LogP contribution in [-0.4, -0.2) is 25.3 Å². The Morgan fingerprint density at radius 1 is 1.20 bits per heavy atom. The first-order valence-electron chi connectivity index (χ1n) is 7.51. The van der Waals surface area contributed by atoms with Gasteiger partial charge in [0.25, 0.3) is 0 Å². The van der Waals surface area contributed by atoms with Crippen LogP contribution in [0, 0.1) is 24.1 Å². The number of halogens is 1. The highest BCUT2D eigenvalue weighted by molar-refractivity contribution is 5.83. The Morgan fingerprint density at radius 2 is 1.96 bits per heavy atom. The number of aryl methyl sites for hydroxylation is 1. The van der Waals surface area contributed by atoms with Crippen molar-refractivity contribution in [3.05, 3.63) is 53.3 Å². The van der Waals surface area contributed by atoms with Crippen LogP contribution >= 0.6 is 0 Å². The standard InChI is InChI=1S/C18H12FN5O/c1-9-2-4-10(5-3-9)15-17(25)16(24-23-15)18-21-13-6-11(8-20)12(19)7-14(13)22-18/h2-7,25H,1H3,(H,21,22)(H,23,24). The molecule has 0 amide bonds. The zero-order valence-electron chi connectivity index (χ0n) is 13.1. The smallest absolute Gasteiger partial charge is 0.172 e. The van der Waals surface area contributed by atoms with Crippen molar-refractivity contribution in [3.63, 3.8) is 0 Å². The molecule has 7 heteroatoms. The molecule has 0 atom stereocenters. The number of hydrogen-bond donors (Lipinski definition) is 3. The molecule has 4 rings (SSSR count). The summed E-state index contributed by atoms with van der Waals surface area (Å²) < 4.78 is 13.7. The lowest BCUT2D eigenvalue weighted by atomic mass is 10.1. The predicted molar refractivity (Wildman–Crippen MR) is 90.2 cm³/mol. The Morgan fingerprint density at radius 3 is 2.68 bits per heavy atom. The Labute approximate surface area is 141 Å². The molecule has 0 radical (unpaired) electrons. The molecule has 0 bridgehead atoms. The summed E-state index contributed by atoms with van der Waals surface area (Å²) in [5.74, 6) is -0.376. The van der Waals surface area contributed by atoms with Crippen LogP contribution < -0.4 is 0 Å². The SMILES string of the molecule is Cc1ccc(-c2n[nH]c(-c3nc4cc(F)c(C#N)cc4[nH]3)c2O)cc1. The molecule has 0 unspecified atom stereocenters. The number of aromatic nitrogens is 4. The lowest BCUT2D eigenvalue weighted by Gasteiger charge is -1.99. The first kappa shape index (κ1) is 14.9. The lowest BCUT2D eigenvalue weighted by Crippen LogP contribution is -1.82. The molecule has 6 nitrogen and oxygen atoms in total. The number of fused-ring (bicyclic) bond motifs is 1. The van der Waals surface area contributed by atoms with Gasteiger partial charge < -0.3 is 10.1 Å². The fourth-order valence-corrected chi connectivity index (χ4v) is 2.65. The highest BCUT2D eigenvalue weighted by atomic mass is 19.1. The number of aromatic amines is 2. The molecule has 0 aliphatic carbocycles. The lowest BCUT2D eigenvalue weighted by molar-refractivity contribution is 0.479. The van der Waals surface area contributed by atoms with Crippen molar-refractivity contribution in [3.8, 4) is 34.6 Å². The van der Waals surface area contributed by atoms with Crippen LogP contribution in [-0.2, 0) is 0 Å². The van der Waals surface area contributed by atoms with Crippen LogP contribution in [0.25, 0.3) is 33.8 Å². The minimum atomic E-state index is -0.637. The molecular weight excluding hydrogens is 321 g/mol. The maximum absolute atomic E-state index is 13.7. The number of imidazole rings is 1. The van der Waals surface area contributed by atoms with Crippen molar-refractivity contribution < 1.29 is 9.50 Å². The van der Waals surface area contributed by atoms with E-state index < -0.39 is 5.82 Å². The van der Waals surface area contributed by atoms with E-state index in [-0.39, 0.29) is 11.3 Å². The Hall–Kier alpha value is -3.66. The molecule has 2 heterocycles. The Bertz CT molecular complexity index is 1130. The second kappa shape index (κ2) is 5.46. The van der Waals surface area contributed by atoms with Crippen LogP contribution in [0.3, 0.4) is 0 Å². The number of rotatable bonds is 2. The van der Waals surface area contributed by atoms with Gasteiger partial charge in [-0.1, -0.05) is 29.8 Å². The zero-order valence-corrected chi connectivity index (χ0v) is 13.1. The van der Waals surface area contributed by atoms with Gasteiger partial charge in [0, 0.05) is 11.6 Å². The van der Waals surface area contributed by atoms with Crippen LogP contribution in [0.5, 0.6) is 5.75 Å². The number of aromatic hydroxyl groups is 1. The first-order valence-corrected chi connectivity index (χ1v) is 7.51. The molecule has 0 saturated heterocycles. The molecule has 122 valence electrons. The molecule has 25 heavy (non-hydrogen) atoms. The fourth-order valence-electron chi connectivity index (χ4n) is 2.65. The number of H-pyrrole nitrogens is 2. The van der Waals surface area contributed by atoms with Crippen molar-refractivity contribution in [2.24, 2.45) is 0 Å². The van der Waals surface area contributed by atoms with E-state index in [0.29, 0.717) is 28.2 Å². The molecule has 2 aromatic carbocycles. The van der Waals surface area contributed by atoms with Crippen molar-refractivity contribution in [2.75, 3.05) is 0 Å². The van der Waals surface area contributed by atoms with Gasteiger partial charge >= 0.3 is 0 Å². The van der Waals surface area contributed by atoms with Gasteiger partial charge in [0.2, 0.25) is 0 Å². The molecule has 0 aliphatic rings. The molecular formula is C18H12FN5O. The predicted octanol–water partition coefficient (Wildman–Crippen LogP) is 3.64. The van der Waals surface area contributed by atoms with Crippen LogP contribution in [0.2, 0.25) is 0 Å². The summed E-state index contributed by atoms with van der Waals surface area (Å²) >= 11 is 0. The minimum absolute atomic E-state index is 0.0520. The molecule has 0 aliphatic heterocycles. The van der Waals surface area contributed by atoms with E-state index >= 15 is 0 Å². The van der Waals surface area contributed by atoms with Crippen molar-refractivity contribution in [2.45, 2.75) is 6.92 Å². The summed E-state index contributed by atoms with van der Waals surface area (Å²) in [6, 6.07) is 11.9. The second-order valence-electron chi connectivity index (χ2n) is 5.71. The highest BCUT2D eigenvalue weighted by Gasteiger charge is 2.19. The number of benzene rings is 2. The summed E-state index contributed by atoms with van der Waals surface area (Å²) in [5, 5.41) is 26.3. The van der Waals surface area contributed by atoms with Gasteiger partial charge in [0.05, 0.1) is 16.6 Å². The van der Waals surface area contributed by atoms with E-state index in [9.17, 15) is 9.50 Å². The number of hydrogen-bond acceptors (Lipinski definition) is 4. The van der Waals surface area contributed by atoms with Gasteiger partial charge in [-0.3, -0.25) is 5.10 Å². The topological polar surface area (TPSA) is 101 Å². The Balaban J connectivity index is 1.82. The van der Waals surface area contributed by atoms with Gasteiger partial charge in [0.1, 0.15) is 23.3 Å². The van der Waals surface area contributed by atoms with E-state index in [4.69, 9.17) is 5.26 Å². The van der Waals surface area contributed by atoms with E-state index in [2.05, 4.69) is 20.2 Å². The molecule has 0 saturated carbocycles. The zero-order chi connectivity index (χ0) is 17.6. The quantitative estimate of drug-likeness (QED) is 0.521. The average Bonchev–Trinajstić information content (AvgIpc) is 3.17. The largest absolute Gasteiger partial charge is 0.504 e. The van der Waals surface area contributed by atoms with Gasteiger partial charge in [0.15, 0.2) is 11.6 Å². The minimum Gasteiger partial charge on any atom is -0.504 e. The van der Waals surface area contributed by atoms with E-state index in [1.165, 1.54) is 12.1 Å². The third-order valence-corrected chi connectivity index (χ3v) is 3.99. The molecule has 2 aromatic heterocycles. The highest BCUT2D eigenvalue weighted by Crippen LogP contribution is 2.35. The molecule has 0 fully saturated rings. The molecule has 4 aromatic rings. The summed E-state index contributed by atoms with van der Waals surface area (Å²) in [6.45, 7) is 1.97. The van der Waals surface area contributed by atoms with Crippen molar-refractivity contribution in [1.29, 1.82) is 5.26 Å². The van der Waals surface area contributed by atoms with Crippen LogP contribution in [0.15, 0.2) is 36.4 Å². The van der Waals surface area contributed by atoms with E-state index in [0.717, 1.165) is 11.1 Å². The number of nitriles is 1.